The molecule has 0 aliphatic carbocycles. The van der Waals surface area contributed by atoms with Crippen LogP contribution in [0.4, 0.5) is 0 Å². The van der Waals surface area contributed by atoms with E-state index in [1.165, 1.54) is 0 Å². The van der Waals surface area contributed by atoms with Crippen molar-refractivity contribution in [3.63, 3.8) is 0 Å². The summed E-state index contributed by atoms with van der Waals surface area (Å²) in [4.78, 5) is 25.7. The van der Waals surface area contributed by atoms with Crippen molar-refractivity contribution < 1.29 is 14.3 Å². The number of nitrogens with zero attached hydrogens (tertiary/aromatic N) is 1. The number of hydrogen-bond donors (Lipinski definition) is 1. The van der Waals surface area contributed by atoms with Gasteiger partial charge in [0.1, 0.15) is 0 Å². The monoisotopic (exact) mass is 312 g/mol. The van der Waals surface area contributed by atoms with Crippen LogP contribution in [-0.4, -0.2) is 43.0 Å². The molecule has 1 amide bonds. The molecule has 0 aliphatic heterocycles. The summed E-state index contributed by atoms with van der Waals surface area (Å²) in [5, 5.41) is 0. The lowest BCUT2D eigenvalue weighted by atomic mass is 9.86. The van der Waals surface area contributed by atoms with Crippen molar-refractivity contribution in [1.29, 1.82) is 0 Å². The van der Waals surface area contributed by atoms with E-state index in [4.69, 9.17) is 10.5 Å². The van der Waals surface area contributed by atoms with Gasteiger partial charge < -0.3 is 15.4 Å². The maximum Gasteiger partial charge on any atom is 0.333 e. The molecule has 1 atom stereocenters. The van der Waals surface area contributed by atoms with Gasteiger partial charge in [-0.3, -0.25) is 4.79 Å². The lowest BCUT2D eigenvalue weighted by Crippen LogP contribution is -2.49. The van der Waals surface area contributed by atoms with Gasteiger partial charge in [0.05, 0.1) is 12.6 Å². The van der Waals surface area contributed by atoms with Gasteiger partial charge in [-0.1, -0.05) is 40.2 Å². The molecule has 0 aromatic carbocycles. The van der Waals surface area contributed by atoms with Crippen LogP contribution in [0.3, 0.4) is 0 Å². The predicted molar refractivity (Wildman–Crippen MR) is 89.3 cm³/mol. The number of likely N-dealkylation sites (N-methyl/N-ethyl adjacent to an activating group) is 1. The van der Waals surface area contributed by atoms with E-state index in [2.05, 4.69) is 6.92 Å². The first kappa shape index (κ1) is 20.6. The highest BCUT2D eigenvalue weighted by atomic mass is 16.5. The SMILES string of the molecule is CCCC/C(=C\CN(C)C(=O)[C@@H](N)C(C)(C)C)C(=O)OCC. The molecule has 0 unspecified atom stereocenters. The number of carbonyl (C=O) groups is 2. The van der Waals surface area contributed by atoms with Crippen LogP contribution < -0.4 is 5.73 Å². The molecule has 0 aromatic rings. The Balaban J connectivity index is 4.84. The Hall–Kier alpha value is -1.36. The summed E-state index contributed by atoms with van der Waals surface area (Å²) in [5.74, 6) is -0.417. The molecule has 128 valence electrons. The van der Waals surface area contributed by atoms with Gasteiger partial charge >= 0.3 is 5.97 Å². The first-order chi connectivity index (χ1) is 10.1. The Labute approximate surface area is 134 Å². The number of unbranched alkanes of at least 4 members (excludes halogenated alkanes) is 1. The number of amides is 1. The van der Waals surface area contributed by atoms with Crippen LogP contribution in [-0.2, 0) is 14.3 Å². The summed E-state index contributed by atoms with van der Waals surface area (Å²) in [6.45, 7) is 10.4. The normalized spacial score (nSPS) is 13.7. The third-order valence-electron chi connectivity index (χ3n) is 3.52. The highest BCUT2D eigenvalue weighted by molar-refractivity contribution is 5.88. The molecule has 0 radical (unpaired) electrons. The molecule has 0 saturated carbocycles. The van der Waals surface area contributed by atoms with Crippen molar-refractivity contribution in [3.05, 3.63) is 11.6 Å². The van der Waals surface area contributed by atoms with Crippen molar-refractivity contribution in [3.8, 4) is 0 Å². The first-order valence-electron chi connectivity index (χ1n) is 8.01. The van der Waals surface area contributed by atoms with Crippen LogP contribution in [0.1, 0.15) is 53.9 Å². The van der Waals surface area contributed by atoms with E-state index in [0.717, 1.165) is 12.8 Å². The van der Waals surface area contributed by atoms with Crippen LogP contribution in [0.5, 0.6) is 0 Å². The van der Waals surface area contributed by atoms with E-state index >= 15 is 0 Å². The lowest BCUT2D eigenvalue weighted by molar-refractivity contribution is -0.139. The van der Waals surface area contributed by atoms with Crippen molar-refractivity contribution in [2.45, 2.75) is 59.9 Å². The van der Waals surface area contributed by atoms with Gasteiger partial charge in [-0.05, 0) is 25.2 Å². The van der Waals surface area contributed by atoms with E-state index in [1.54, 1.807) is 24.9 Å². The Bertz CT molecular complexity index is 397. The van der Waals surface area contributed by atoms with E-state index in [1.807, 2.05) is 20.8 Å². The molecule has 0 bridgehead atoms. The Kier molecular flexibility index (Phi) is 9.02. The fourth-order valence-electron chi connectivity index (χ4n) is 1.82. The first-order valence-corrected chi connectivity index (χ1v) is 8.01. The van der Waals surface area contributed by atoms with Crippen molar-refractivity contribution in [2.75, 3.05) is 20.2 Å². The van der Waals surface area contributed by atoms with Gasteiger partial charge in [0.15, 0.2) is 0 Å². The number of carbonyl (C=O) groups excluding carboxylic acids is 2. The Morgan fingerprint density at radius 2 is 1.86 bits per heavy atom. The van der Waals surface area contributed by atoms with Crippen LogP contribution in [0.15, 0.2) is 11.6 Å². The maximum absolute atomic E-state index is 12.3. The van der Waals surface area contributed by atoms with Crippen LogP contribution in [0.2, 0.25) is 0 Å². The number of esters is 1. The van der Waals surface area contributed by atoms with Crippen molar-refractivity contribution in [1.82, 2.24) is 4.90 Å². The fraction of sp³-hybridized carbons (Fsp3) is 0.765. The van der Waals surface area contributed by atoms with Gasteiger partial charge in [-0.15, -0.1) is 0 Å². The summed E-state index contributed by atoms with van der Waals surface area (Å²) < 4.78 is 5.06. The third kappa shape index (κ3) is 7.07. The largest absolute Gasteiger partial charge is 0.463 e. The van der Waals surface area contributed by atoms with Gasteiger partial charge in [-0.2, -0.15) is 0 Å². The zero-order valence-corrected chi connectivity index (χ0v) is 14.9. The molecule has 0 aliphatic rings. The minimum absolute atomic E-state index is 0.123. The third-order valence-corrected chi connectivity index (χ3v) is 3.52. The zero-order valence-electron chi connectivity index (χ0n) is 14.9. The Morgan fingerprint density at radius 1 is 1.27 bits per heavy atom. The minimum Gasteiger partial charge on any atom is -0.463 e. The molecule has 0 saturated heterocycles. The average molecular weight is 312 g/mol. The van der Waals surface area contributed by atoms with Crippen LogP contribution in [0.25, 0.3) is 0 Å². The maximum atomic E-state index is 12.3. The standard InChI is InChI=1S/C17H32N2O3/c1-7-9-10-13(16(21)22-8-2)11-12-19(6)15(20)14(18)17(3,4)5/h11,14H,7-10,12,18H2,1-6H3/b13-11+/t14-/m1/s1. The molecule has 5 heteroatoms. The van der Waals surface area contributed by atoms with Gasteiger partial charge in [-0.25, -0.2) is 4.79 Å². The molecular formula is C17H32N2O3. The Morgan fingerprint density at radius 3 is 2.32 bits per heavy atom. The second-order valence-electron chi connectivity index (χ2n) is 6.62. The second-order valence-corrected chi connectivity index (χ2v) is 6.62. The number of ether oxygens (including phenoxy) is 1. The lowest BCUT2D eigenvalue weighted by Gasteiger charge is -2.29. The summed E-state index contributed by atoms with van der Waals surface area (Å²) in [6.07, 6.45) is 4.37. The summed E-state index contributed by atoms with van der Waals surface area (Å²) in [5.41, 5.74) is 6.33. The number of nitrogens with two attached hydrogens (primary N) is 1. The molecule has 2 N–H and O–H groups in total. The van der Waals surface area contributed by atoms with Gasteiger partial charge in [0.2, 0.25) is 5.91 Å². The van der Waals surface area contributed by atoms with Gasteiger partial charge in [0.25, 0.3) is 0 Å². The zero-order chi connectivity index (χ0) is 17.3. The quantitative estimate of drug-likeness (QED) is 0.552. The van der Waals surface area contributed by atoms with Crippen molar-refractivity contribution >= 4 is 11.9 Å². The van der Waals surface area contributed by atoms with Crippen molar-refractivity contribution in [2.24, 2.45) is 11.1 Å². The van der Waals surface area contributed by atoms with E-state index in [-0.39, 0.29) is 17.3 Å². The van der Waals surface area contributed by atoms with E-state index < -0.39 is 6.04 Å². The molecule has 0 rings (SSSR count). The number of hydrogen-bond acceptors (Lipinski definition) is 4. The smallest absolute Gasteiger partial charge is 0.333 e. The summed E-state index contributed by atoms with van der Waals surface area (Å²) >= 11 is 0. The van der Waals surface area contributed by atoms with Crippen LogP contribution >= 0.6 is 0 Å². The van der Waals surface area contributed by atoms with E-state index in [9.17, 15) is 9.59 Å². The van der Waals surface area contributed by atoms with Gasteiger partial charge in [0, 0.05) is 19.2 Å². The fourth-order valence-corrected chi connectivity index (χ4v) is 1.82. The predicted octanol–water partition coefficient (Wildman–Crippen LogP) is 2.50. The second kappa shape index (κ2) is 9.62. The minimum atomic E-state index is -0.562. The summed E-state index contributed by atoms with van der Waals surface area (Å²) in [7, 11) is 1.70. The van der Waals surface area contributed by atoms with Crippen LogP contribution in [0, 0.1) is 5.41 Å². The molecule has 0 spiro atoms. The summed E-state index contributed by atoms with van der Waals surface area (Å²) in [6, 6.07) is -0.562. The molecular weight excluding hydrogens is 280 g/mol. The molecule has 0 fully saturated rings. The number of rotatable bonds is 8. The van der Waals surface area contributed by atoms with E-state index in [0.29, 0.717) is 25.1 Å². The molecule has 0 heterocycles. The topological polar surface area (TPSA) is 72.6 Å². The molecule has 5 nitrogen and oxygen atoms in total. The average Bonchev–Trinajstić information content (AvgIpc) is 2.44. The molecule has 22 heavy (non-hydrogen) atoms. The highest BCUT2D eigenvalue weighted by Gasteiger charge is 2.29. The highest BCUT2D eigenvalue weighted by Crippen LogP contribution is 2.19. The molecule has 0 aromatic heterocycles.